The fraction of sp³-hybridized carbons (Fsp3) is 0.429. The van der Waals surface area contributed by atoms with Crippen LogP contribution in [0.4, 0.5) is 17.7 Å². The molecule has 60 heavy (non-hydrogen) atoms. The Morgan fingerprint density at radius 1 is 0.900 bits per heavy atom. The molecule has 2 aliphatic rings. The number of carbonyl (C=O) groups excluding carboxylic acids is 4. The monoisotopic (exact) mass is 846 g/mol. The Hall–Kier alpha value is -5.75. The number of carbonyl (C=O) groups is 4. The second-order valence-electron chi connectivity index (χ2n) is 16.7. The molecule has 7 rings (SSSR count). The Morgan fingerprint density at radius 2 is 1.55 bits per heavy atom. The lowest BCUT2D eigenvalue weighted by Gasteiger charge is -2.30. The fourth-order valence-electron chi connectivity index (χ4n) is 8.26. The Bertz CT molecular complexity index is 2440. The van der Waals surface area contributed by atoms with Gasteiger partial charge in [0.1, 0.15) is 30.3 Å². The van der Waals surface area contributed by atoms with Crippen molar-refractivity contribution in [3.63, 3.8) is 0 Å². The minimum atomic E-state index is -3.32. The lowest BCUT2D eigenvalue weighted by molar-refractivity contribution is -0.139. The summed E-state index contributed by atoms with van der Waals surface area (Å²) in [6.07, 6.45) is 0.0600. The van der Waals surface area contributed by atoms with Gasteiger partial charge < -0.3 is 44.4 Å². The number of benzene rings is 3. The number of fused-ring (bicyclic) bond motifs is 3. The quantitative estimate of drug-likeness (QED) is 0.0773. The van der Waals surface area contributed by atoms with E-state index in [-0.39, 0.29) is 29.9 Å². The zero-order valence-corrected chi connectivity index (χ0v) is 35.2. The van der Waals surface area contributed by atoms with Crippen molar-refractivity contribution in [1.29, 1.82) is 0 Å². The van der Waals surface area contributed by atoms with Gasteiger partial charge in [0.05, 0.1) is 48.7 Å². The van der Waals surface area contributed by atoms with Crippen LogP contribution in [0.25, 0.3) is 44.2 Å². The van der Waals surface area contributed by atoms with Gasteiger partial charge >= 0.3 is 6.09 Å². The highest BCUT2D eigenvalue weighted by atomic mass is 28.4. The number of nitrogens with zero attached hydrogens (tertiary/aromatic N) is 4. The van der Waals surface area contributed by atoms with Gasteiger partial charge in [0, 0.05) is 18.0 Å². The van der Waals surface area contributed by atoms with Crippen molar-refractivity contribution in [2.24, 2.45) is 11.8 Å². The molecule has 0 bridgehead atoms. The Labute approximate surface area is 345 Å². The van der Waals surface area contributed by atoms with Gasteiger partial charge in [0.25, 0.3) is 14.3 Å². The molecule has 0 spiro atoms. The number of imidazole rings is 2. The van der Waals surface area contributed by atoms with Crippen LogP contribution in [-0.4, -0.2) is 112 Å². The normalized spacial score (nSPS) is 21.2. The van der Waals surface area contributed by atoms with Crippen molar-refractivity contribution in [2.45, 2.75) is 76.8 Å². The SMILES string of the molecule is COC(=O)N[C@H](C(=O)N1CC(F)(F)C[C@H]1c1ncc(-c2ccc(-c3ccc4c(ccc5nc([C@@H]6C[Si](C)(F)CN6C(=O)[C@@H](NC(=O)CO)C(C)C)[nH]c54)c3)cc2)[nH]1)C(C)C. The summed E-state index contributed by atoms with van der Waals surface area (Å²) in [5.41, 5.74) is 4.58. The van der Waals surface area contributed by atoms with Crippen LogP contribution in [0.2, 0.25) is 12.6 Å². The molecule has 1 unspecified atom stereocenters. The number of methoxy groups -OCH3 is 1. The zero-order chi connectivity index (χ0) is 43.3. The maximum atomic E-state index is 15.7. The lowest BCUT2D eigenvalue weighted by atomic mass is 9.99. The van der Waals surface area contributed by atoms with Crippen molar-refractivity contribution in [3.8, 4) is 22.4 Å². The van der Waals surface area contributed by atoms with Crippen LogP contribution in [0.3, 0.4) is 0 Å². The fourth-order valence-corrected chi connectivity index (χ4v) is 10.7. The molecule has 0 radical (unpaired) electrons. The number of hydrogen-bond acceptors (Lipinski definition) is 8. The third-order valence-electron chi connectivity index (χ3n) is 11.4. The van der Waals surface area contributed by atoms with Gasteiger partial charge in [0.15, 0.2) is 0 Å². The number of alkyl halides is 2. The van der Waals surface area contributed by atoms with Crippen LogP contribution in [0.1, 0.15) is 57.8 Å². The van der Waals surface area contributed by atoms with Crippen molar-refractivity contribution < 1.29 is 41.9 Å². The van der Waals surface area contributed by atoms with Crippen LogP contribution in [0.5, 0.6) is 0 Å². The third-order valence-corrected chi connectivity index (χ3v) is 13.6. The third kappa shape index (κ3) is 8.47. The molecular formula is C42H49F3N8O6Si. The summed E-state index contributed by atoms with van der Waals surface area (Å²) < 4.78 is 50.0. The van der Waals surface area contributed by atoms with E-state index in [2.05, 4.69) is 30.3 Å². The van der Waals surface area contributed by atoms with Gasteiger partial charge in [-0.2, -0.15) is 0 Å². The Morgan fingerprint density at radius 3 is 2.22 bits per heavy atom. The van der Waals surface area contributed by atoms with Crippen molar-refractivity contribution >= 4 is 54.0 Å². The van der Waals surface area contributed by atoms with Crippen molar-refractivity contribution in [2.75, 3.05) is 26.4 Å². The summed E-state index contributed by atoms with van der Waals surface area (Å²) in [4.78, 5) is 69.6. The molecule has 2 fully saturated rings. The molecule has 5 N–H and O–H groups in total. The number of aliphatic hydroxyl groups is 1. The molecule has 0 saturated carbocycles. The summed E-state index contributed by atoms with van der Waals surface area (Å²) >= 11 is 0. The molecule has 5 atom stereocenters. The first-order valence-corrected chi connectivity index (χ1v) is 22.7. The first kappa shape index (κ1) is 42.4. The highest BCUT2D eigenvalue weighted by molar-refractivity contribution is 6.73. The van der Waals surface area contributed by atoms with E-state index >= 15 is 4.11 Å². The summed E-state index contributed by atoms with van der Waals surface area (Å²) in [7, 11) is -2.16. The minimum Gasteiger partial charge on any atom is -0.453 e. The van der Waals surface area contributed by atoms with Crippen LogP contribution in [-0.2, 0) is 19.1 Å². The number of aromatic nitrogens is 4. The number of hydrogen-bond donors (Lipinski definition) is 5. The molecule has 4 amide bonds. The number of amides is 4. The van der Waals surface area contributed by atoms with Crippen LogP contribution < -0.4 is 10.6 Å². The average Bonchev–Trinajstić information content (AvgIpc) is 4.01. The summed E-state index contributed by atoms with van der Waals surface area (Å²) in [5, 5.41) is 16.1. The first-order valence-electron chi connectivity index (χ1n) is 19.9. The predicted molar refractivity (Wildman–Crippen MR) is 221 cm³/mol. The molecular weight excluding hydrogens is 798 g/mol. The first-order chi connectivity index (χ1) is 28.4. The molecule has 4 heterocycles. The van der Waals surface area contributed by atoms with Crippen LogP contribution in [0, 0.1) is 11.8 Å². The number of H-pyrrole nitrogens is 2. The van der Waals surface area contributed by atoms with Crippen molar-refractivity contribution in [3.05, 3.63) is 72.4 Å². The average molecular weight is 847 g/mol. The number of ether oxygens (including phenoxy) is 1. The molecule has 2 saturated heterocycles. The van der Waals surface area contributed by atoms with Gasteiger partial charge in [-0.1, -0.05) is 70.2 Å². The Kier molecular flexibility index (Phi) is 11.6. The maximum absolute atomic E-state index is 15.7. The molecule has 2 aromatic heterocycles. The van der Waals surface area contributed by atoms with Crippen molar-refractivity contribution in [1.82, 2.24) is 40.4 Å². The van der Waals surface area contributed by atoms with Gasteiger partial charge in [-0.25, -0.2) is 23.5 Å². The van der Waals surface area contributed by atoms with Crippen LogP contribution in [0.15, 0.2) is 60.8 Å². The van der Waals surface area contributed by atoms with E-state index in [0.717, 1.165) is 45.0 Å². The molecule has 14 nitrogen and oxygen atoms in total. The highest BCUT2D eigenvalue weighted by Crippen LogP contribution is 2.42. The number of aromatic amines is 2. The van der Waals surface area contributed by atoms with E-state index in [1.54, 1.807) is 40.4 Å². The predicted octanol–water partition coefficient (Wildman–Crippen LogP) is 6.16. The highest BCUT2D eigenvalue weighted by Gasteiger charge is 2.51. The van der Waals surface area contributed by atoms with E-state index in [1.165, 1.54) is 4.90 Å². The summed E-state index contributed by atoms with van der Waals surface area (Å²) in [6.45, 7) is 6.99. The van der Waals surface area contributed by atoms with Crippen LogP contribution >= 0.6 is 0 Å². The van der Waals surface area contributed by atoms with Gasteiger partial charge in [-0.05, 0) is 58.6 Å². The number of aliphatic hydroxyl groups excluding tert-OH is 1. The van der Waals surface area contributed by atoms with Gasteiger partial charge in [-0.15, -0.1) is 0 Å². The second kappa shape index (κ2) is 16.4. The van der Waals surface area contributed by atoms with E-state index < -0.39 is 81.9 Å². The maximum Gasteiger partial charge on any atom is 0.407 e. The van der Waals surface area contributed by atoms with Gasteiger partial charge in [-0.3, -0.25) is 14.4 Å². The van der Waals surface area contributed by atoms with E-state index in [4.69, 9.17) is 4.98 Å². The number of rotatable bonds is 11. The summed E-state index contributed by atoms with van der Waals surface area (Å²) in [6, 6.07) is 13.9. The molecule has 18 heteroatoms. The lowest BCUT2D eigenvalue weighted by Crippen LogP contribution is -2.52. The van der Waals surface area contributed by atoms with E-state index in [1.807, 2.05) is 54.6 Å². The summed E-state index contributed by atoms with van der Waals surface area (Å²) in [5.74, 6) is -4.89. The van der Waals surface area contributed by atoms with E-state index in [0.29, 0.717) is 17.0 Å². The number of nitrogens with one attached hydrogen (secondary N) is 4. The number of likely N-dealkylation sites (tertiary alicyclic amines) is 1. The number of alkyl carbamates (subject to hydrolysis) is 1. The topological polar surface area (TPSA) is 186 Å². The number of halogens is 3. The molecule has 318 valence electrons. The van der Waals surface area contributed by atoms with Gasteiger partial charge in [0.2, 0.25) is 17.7 Å². The Balaban J connectivity index is 1.11. The second-order valence-corrected chi connectivity index (χ2v) is 20.3. The minimum absolute atomic E-state index is 0.0360. The smallest absolute Gasteiger partial charge is 0.407 e. The molecule has 3 aromatic carbocycles. The standard InChI is InChI=1S/C42H49F3N8O6Si/c1-22(2)34(49-33(55)18-54)40(57)53-21-60(6,45)19-32(53)38-47-29-14-12-27-15-26(11-13-28(27)36(29)50-38)24-7-9-25(10-8-24)30-17-46-37(48-30)31-16-42(43,44)20-52(31)39(56)35(23(3)4)51-41(58)59-5/h7-15,17,22-23,31-32,34-35,54H,16,18-21H2,1-6H3,(H,46,48)(H,47,50)(H,49,55)(H,51,58)/t31-,32-,34-,35-,60?/m0/s1. The molecule has 2 aliphatic heterocycles. The zero-order valence-electron chi connectivity index (χ0n) is 34.2. The molecule has 5 aromatic rings. The largest absolute Gasteiger partial charge is 0.453 e. The molecule has 0 aliphatic carbocycles. The van der Waals surface area contributed by atoms with E-state index in [9.17, 15) is 33.1 Å².